The fraction of sp³-hybridized carbons (Fsp3) is 0.467. The molecular formula is C15H20N2O2. The minimum Gasteiger partial charge on any atom is -0.268 e. The smallest absolute Gasteiger partial charge is 0.268 e. The van der Waals surface area contributed by atoms with Gasteiger partial charge in [-0.1, -0.05) is 0 Å². The van der Waals surface area contributed by atoms with Gasteiger partial charge in [-0.05, 0) is 57.9 Å². The first kappa shape index (κ1) is 13.7. The Balaban J connectivity index is 2.67. The molecule has 1 aliphatic heterocycles. The van der Waals surface area contributed by atoms with Crippen LogP contribution in [-0.4, -0.2) is 29.5 Å². The molecule has 2 rings (SSSR count). The SMILES string of the molecule is CON1C(=O)c2cc(C)c(C)cc2C1=NC(C)(C)C. The molecule has 0 aromatic heterocycles. The average molecular weight is 260 g/mol. The summed E-state index contributed by atoms with van der Waals surface area (Å²) < 4.78 is 0. The van der Waals surface area contributed by atoms with Gasteiger partial charge in [-0.15, -0.1) is 0 Å². The number of fused-ring (bicyclic) bond motifs is 1. The van der Waals surface area contributed by atoms with Crippen LogP contribution in [0.15, 0.2) is 17.1 Å². The van der Waals surface area contributed by atoms with E-state index in [9.17, 15) is 4.79 Å². The Morgan fingerprint density at radius 1 is 1.11 bits per heavy atom. The topological polar surface area (TPSA) is 41.9 Å². The summed E-state index contributed by atoms with van der Waals surface area (Å²) in [5.41, 5.74) is 3.48. The fourth-order valence-electron chi connectivity index (χ4n) is 2.09. The first-order valence-corrected chi connectivity index (χ1v) is 6.34. The van der Waals surface area contributed by atoms with Gasteiger partial charge in [-0.25, -0.2) is 0 Å². The summed E-state index contributed by atoms with van der Waals surface area (Å²) >= 11 is 0. The zero-order valence-corrected chi connectivity index (χ0v) is 12.4. The number of hydrogen-bond donors (Lipinski definition) is 0. The first-order valence-electron chi connectivity index (χ1n) is 6.34. The quantitative estimate of drug-likeness (QED) is 0.779. The number of carbonyl (C=O) groups excluding carboxylic acids is 1. The second kappa shape index (κ2) is 4.46. The maximum Gasteiger partial charge on any atom is 0.284 e. The molecule has 0 bridgehead atoms. The summed E-state index contributed by atoms with van der Waals surface area (Å²) in [6, 6.07) is 3.91. The van der Waals surface area contributed by atoms with Crippen LogP contribution in [0, 0.1) is 13.8 Å². The molecule has 102 valence electrons. The van der Waals surface area contributed by atoms with E-state index in [1.165, 1.54) is 12.2 Å². The monoisotopic (exact) mass is 260 g/mol. The zero-order chi connectivity index (χ0) is 14.4. The molecule has 0 unspecified atom stereocenters. The van der Waals surface area contributed by atoms with E-state index in [2.05, 4.69) is 4.99 Å². The van der Waals surface area contributed by atoms with Gasteiger partial charge < -0.3 is 0 Å². The third-order valence-corrected chi connectivity index (χ3v) is 3.11. The van der Waals surface area contributed by atoms with Crippen LogP contribution in [0.4, 0.5) is 0 Å². The van der Waals surface area contributed by atoms with E-state index in [0.717, 1.165) is 16.7 Å². The molecule has 0 saturated heterocycles. The van der Waals surface area contributed by atoms with Crippen molar-refractivity contribution in [1.82, 2.24) is 5.06 Å². The summed E-state index contributed by atoms with van der Waals surface area (Å²) in [5.74, 6) is 0.446. The van der Waals surface area contributed by atoms with Crippen LogP contribution >= 0.6 is 0 Å². The van der Waals surface area contributed by atoms with Gasteiger partial charge in [0.05, 0.1) is 18.2 Å². The van der Waals surface area contributed by atoms with Gasteiger partial charge in [0, 0.05) is 5.56 Å². The van der Waals surface area contributed by atoms with Crippen molar-refractivity contribution in [3.05, 3.63) is 34.4 Å². The van der Waals surface area contributed by atoms with E-state index in [0.29, 0.717) is 11.4 Å². The van der Waals surface area contributed by atoms with Gasteiger partial charge in [0.15, 0.2) is 5.84 Å². The van der Waals surface area contributed by atoms with E-state index in [-0.39, 0.29) is 11.4 Å². The number of aryl methyl sites for hydroxylation is 2. The van der Waals surface area contributed by atoms with Crippen LogP contribution in [-0.2, 0) is 4.84 Å². The standard InChI is InChI=1S/C15H20N2O2/c1-9-7-11-12(8-10(9)2)14(18)17(19-6)13(11)16-15(3,4)5/h7-8H,1-6H3. The Labute approximate surface area is 114 Å². The summed E-state index contributed by atoms with van der Waals surface area (Å²) in [4.78, 5) is 22.1. The lowest BCUT2D eigenvalue weighted by atomic mass is 10.0. The van der Waals surface area contributed by atoms with Crippen molar-refractivity contribution in [3.63, 3.8) is 0 Å². The number of aliphatic imine (C=N–C) groups is 1. The molecule has 1 aromatic rings. The lowest BCUT2D eigenvalue weighted by molar-refractivity contribution is -0.0375. The van der Waals surface area contributed by atoms with Crippen LogP contribution < -0.4 is 0 Å². The summed E-state index contributed by atoms with van der Waals surface area (Å²) in [5, 5.41) is 1.27. The third-order valence-electron chi connectivity index (χ3n) is 3.11. The average Bonchev–Trinajstić information content (AvgIpc) is 2.51. The number of hydrogen-bond acceptors (Lipinski definition) is 3. The van der Waals surface area contributed by atoms with Gasteiger partial charge in [-0.2, -0.15) is 5.06 Å². The van der Waals surface area contributed by atoms with Gasteiger partial charge in [-0.3, -0.25) is 14.6 Å². The maximum absolute atomic E-state index is 12.3. The molecule has 4 nitrogen and oxygen atoms in total. The highest BCUT2D eigenvalue weighted by Gasteiger charge is 2.35. The molecule has 0 aliphatic carbocycles. The lowest BCUT2D eigenvalue weighted by Crippen LogP contribution is -2.31. The van der Waals surface area contributed by atoms with Crippen molar-refractivity contribution in [1.29, 1.82) is 0 Å². The van der Waals surface area contributed by atoms with Crippen molar-refractivity contribution in [2.75, 3.05) is 7.11 Å². The van der Waals surface area contributed by atoms with Crippen molar-refractivity contribution in [3.8, 4) is 0 Å². The highest BCUT2D eigenvalue weighted by atomic mass is 16.7. The Bertz CT molecular complexity index is 568. The molecule has 0 atom stereocenters. The second-order valence-corrected chi connectivity index (χ2v) is 5.87. The highest BCUT2D eigenvalue weighted by Crippen LogP contribution is 2.28. The maximum atomic E-state index is 12.3. The number of nitrogens with zero attached hydrogens (tertiary/aromatic N) is 2. The highest BCUT2D eigenvalue weighted by molar-refractivity contribution is 6.22. The van der Waals surface area contributed by atoms with Gasteiger partial charge >= 0.3 is 0 Å². The molecule has 1 aliphatic rings. The second-order valence-electron chi connectivity index (χ2n) is 5.87. The number of amides is 1. The molecule has 1 amide bonds. The lowest BCUT2D eigenvalue weighted by Gasteiger charge is -2.19. The normalized spacial score (nSPS) is 17.3. The molecule has 0 fully saturated rings. The van der Waals surface area contributed by atoms with Crippen LogP contribution in [0.3, 0.4) is 0 Å². The number of carbonyl (C=O) groups is 1. The molecule has 19 heavy (non-hydrogen) atoms. The summed E-state index contributed by atoms with van der Waals surface area (Å²) in [7, 11) is 1.49. The van der Waals surface area contributed by atoms with E-state index in [1.54, 1.807) is 0 Å². The Kier molecular flexibility index (Phi) is 3.22. The first-order chi connectivity index (χ1) is 8.74. The van der Waals surface area contributed by atoms with Gasteiger partial charge in [0.25, 0.3) is 5.91 Å². The van der Waals surface area contributed by atoms with Crippen molar-refractivity contribution < 1.29 is 9.63 Å². The Morgan fingerprint density at radius 3 is 2.11 bits per heavy atom. The number of benzene rings is 1. The van der Waals surface area contributed by atoms with Gasteiger partial charge in [0.2, 0.25) is 0 Å². The van der Waals surface area contributed by atoms with Crippen LogP contribution in [0.1, 0.15) is 47.8 Å². The van der Waals surface area contributed by atoms with Crippen molar-refractivity contribution in [2.24, 2.45) is 4.99 Å². The summed E-state index contributed by atoms with van der Waals surface area (Å²) in [6.45, 7) is 10.0. The van der Waals surface area contributed by atoms with Crippen LogP contribution in [0.2, 0.25) is 0 Å². The number of hydroxylamine groups is 2. The minimum atomic E-state index is -0.271. The zero-order valence-electron chi connectivity index (χ0n) is 12.4. The largest absolute Gasteiger partial charge is 0.284 e. The molecule has 0 radical (unpaired) electrons. The molecule has 0 N–H and O–H groups in total. The Hall–Kier alpha value is -1.68. The molecule has 1 heterocycles. The third kappa shape index (κ3) is 2.40. The van der Waals surface area contributed by atoms with E-state index >= 15 is 0 Å². The number of rotatable bonds is 1. The molecular weight excluding hydrogens is 240 g/mol. The van der Waals surface area contributed by atoms with E-state index in [1.807, 2.05) is 46.8 Å². The van der Waals surface area contributed by atoms with Crippen LogP contribution in [0.25, 0.3) is 0 Å². The molecule has 4 heteroatoms. The van der Waals surface area contributed by atoms with Crippen molar-refractivity contribution >= 4 is 11.7 Å². The minimum absolute atomic E-state index is 0.149. The fourth-order valence-corrected chi connectivity index (χ4v) is 2.09. The molecule has 0 spiro atoms. The van der Waals surface area contributed by atoms with E-state index < -0.39 is 0 Å². The number of amidine groups is 1. The van der Waals surface area contributed by atoms with Crippen molar-refractivity contribution in [2.45, 2.75) is 40.2 Å². The Morgan fingerprint density at radius 2 is 1.63 bits per heavy atom. The van der Waals surface area contributed by atoms with Gasteiger partial charge in [0.1, 0.15) is 0 Å². The molecule has 1 aromatic carbocycles. The van der Waals surface area contributed by atoms with Crippen LogP contribution in [0.5, 0.6) is 0 Å². The molecule has 0 saturated carbocycles. The summed E-state index contributed by atoms with van der Waals surface area (Å²) in [6.07, 6.45) is 0. The predicted molar refractivity (Wildman–Crippen MR) is 75.4 cm³/mol. The predicted octanol–water partition coefficient (Wildman–Crippen LogP) is 2.87. The van der Waals surface area contributed by atoms with E-state index in [4.69, 9.17) is 4.84 Å².